The van der Waals surface area contributed by atoms with Crippen molar-refractivity contribution < 1.29 is 0 Å². The second-order valence-corrected chi connectivity index (χ2v) is 12.2. The summed E-state index contributed by atoms with van der Waals surface area (Å²) in [5.74, 6) is 3.65. The Morgan fingerprint density at radius 1 is 1.13 bits per heavy atom. The molecule has 4 aliphatic carbocycles. The molecule has 4 aliphatic rings. The number of hydrogen-bond acceptors (Lipinski definition) is 0. The Bertz CT molecular complexity index is 727. The summed E-state index contributed by atoms with van der Waals surface area (Å²) >= 11 is 0. The molecule has 1 saturated carbocycles. The molecule has 1 fully saturated rings. The van der Waals surface area contributed by atoms with Gasteiger partial charge in [0.1, 0.15) is 0 Å². The zero-order valence-electron chi connectivity index (χ0n) is 20.9. The van der Waals surface area contributed by atoms with Gasteiger partial charge in [0.15, 0.2) is 0 Å². The minimum atomic E-state index is 0.448. The van der Waals surface area contributed by atoms with E-state index in [9.17, 15) is 0 Å². The van der Waals surface area contributed by atoms with E-state index in [1.165, 1.54) is 82.6 Å². The topological polar surface area (TPSA) is 0 Å². The Balaban J connectivity index is 1.57. The lowest BCUT2D eigenvalue weighted by molar-refractivity contribution is 0.0547. The molecule has 0 saturated heterocycles. The van der Waals surface area contributed by atoms with Gasteiger partial charge in [0.2, 0.25) is 0 Å². The van der Waals surface area contributed by atoms with Crippen LogP contribution in [0.4, 0.5) is 0 Å². The summed E-state index contributed by atoms with van der Waals surface area (Å²) in [6.45, 7) is 14.8. The summed E-state index contributed by atoms with van der Waals surface area (Å²) in [5, 5.41) is 0. The van der Waals surface area contributed by atoms with Crippen LogP contribution in [0.25, 0.3) is 0 Å². The molecular formula is C30H48. The molecule has 0 bridgehead atoms. The minimum Gasteiger partial charge on any atom is -0.0859 e. The smallest absolute Gasteiger partial charge is 0.00389 e. The van der Waals surface area contributed by atoms with E-state index >= 15 is 0 Å². The molecular weight excluding hydrogens is 360 g/mol. The van der Waals surface area contributed by atoms with Gasteiger partial charge in [-0.15, -0.1) is 0 Å². The molecule has 6 atom stereocenters. The third kappa shape index (κ3) is 3.69. The molecule has 0 heteroatoms. The first-order valence-corrected chi connectivity index (χ1v) is 13.4. The molecule has 0 amide bonds. The maximum Gasteiger partial charge on any atom is -0.00389 e. The van der Waals surface area contributed by atoms with Crippen LogP contribution in [0, 0.1) is 34.5 Å². The zero-order valence-corrected chi connectivity index (χ0v) is 20.9. The maximum atomic E-state index is 2.71. The Labute approximate surface area is 187 Å². The fourth-order valence-electron chi connectivity index (χ4n) is 8.62. The Morgan fingerprint density at radius 3 is 2.67 bits per heavy atom. The number of fused-ring (bicyclic) bond motifs is 4. The largest absolute Gasteiger partial charge is 0.0859 e. The van der Waals surface area contributed by atoms with E-state index in [4.69, 9.17) is 0 Å². The van der Waals surface area contributed by atoms with Crippen molar-refractivity contribution >= 4 is 0 Å². The van der Waals surface area contributed by atoms with Gasteiger partial charge in [0.25, 0.3) is 0 Å². The van der Waals surface area contributed by atoms with Gasteiger partial charge < -0.3 is 0 Å². The molecule has 30 heavy (non-hydrogen) atoms. The van der Waals surface area contributed by atoms with Gasteiger partial charge in [0.05, 0.1) is 0 Å². The first-order valence-electron chi connectivity index (χ1n) is 13.4. The molecule has 0 spiro atoms. The molecule has 0 aromatic heterocycles. The van der Waals surface area contributed by atoms with Crippen molar-refractivity contribution in [2.45, 2.75) is 119 Å². The fourth-order valence-corrected chi connectivity index (χ4v) is 8.62. The summed E-state index contributed by atoms with van der Waals surface area (Å²) in [6, 6.07) is 0. The predicted octanol–water partition coefficient (Wildman–Crippen LogP) is 9.43. The lowest BCUT2D eigenvalue weighted by Crippen LogP contribution is -2.44. The molecule has 0 N–H and O–H groups in total. The van der Waals surface area contributed by atoms with Crippen LogP contribution in [0.1, 0.15) is 119 Å². The highest BCUT2D eigenvalue weighted by Gasteiger charge is 2.53. The zero-order chi connectivity index (χ0) is 21.5. The van der Waals surface area contributed by atoms with Crippen molar-refractivity contribution in [3.05, 3.63) is 34.4 Å². The van der Waals surface area contributed by atoms with Crippen LogP contribution in [0.3, 0.4) is 0 Å². The summed E-state index contributed by atoms with van der Waals surface area (Å²) < 4.78 is 0. The highest BCUT2D eigenvalue weighted by atomic mass is 14.6. The van der Waals surface area contributed by atoms with E-state index in [0.29, 0.717) is 10.8 Å². The van der Waals surface area contributed by atoms with Gasteiger partial charge in [0, 0.05) is 0 Å². The lowest BCUT2D eigenvalue weighted by Gasteiger charge is -2.55. The van der Waals surface area contributed by atoms with E-state index < -0.39 is 0 Å². The molecule has 2 unspecified atom stereocenters. The van der Waals surface area contributed by atoms with Crippen molar-refractivity contribution in [1.29, 1.82) is 0 Å². The second-order valence-electron chi connectivity index (χ2n) is 12.2. The number of allylic oxidation sites excluding steroid dienone is 6. The Morgan fingerprint density at radius 2 is 1.93 bits per heavy atom. The molecule has 0 aliphatic heterocycles. The van der Waals surface area contributed by atoms with Crippen LogP contribution in [0.15, 0.2) is 34.4 Å². The number of hydrogen-bond donors (Lipinski definition) is 0. The number of rotatable bonds is 6. The average Bonchev–Trinajstić information content (AvgIpc) is 3.05. The first-order chi connectivity index (χ1) is 14.3. The van der Waals surface area contributed by atoms with Crippen LogP contribution in [0.2, 0.25) is 0 Å². The van der Waals surface area contributed by atoms with Crippen molar-refractivity contribution in [2.75, 3.05) is 0 Å². The highest BCUT2D eigenvalue weighted by Crippen LogP contribution is 2.65. The summed E-state index contributed by atoms with van der Waals surface area (Å²) in [4.78, 5) is 0. The van der Waals surface area contributed by atoms with Crippen molar-refractivity contribution in [2.24, 2.45) is 34.5 Å². The van der Waals surface area contributed by atoms with Crippen molar-refractivity contribution in [1.82, 2.24) is 0 Å². The molecule has 0 aromatic rings. The van der Waals surface area contributed by atoms with E-state index in [2.05, 4.69) is 53.7 Å². The van der Waals surface area contributed by atoms with Gasteiger partial charge in [-0.05, 0) is 111 Å². The van der Waals surface area contributed by atoms with Gasteiger partial charge in [-0.1, -0.05) is 76.7 Å². The van der Waals surface area contributed by atoms with Crippen LogP contribution >= 0.6 is 0 Å². The van der Waals surface area contributed by atoms with Gasteiger partial charge >= 0.3 is 0 Å². The van der Waals surface area contributed by atoms with Crippen LogP contribution in [-0.2, 0) is 0 Å². The fraction of sp³-hybridized carbons (Fsp3) is 0.800. The van der Waals surface area contributed by atoms with E-state index in [1.54, 1.807) is 0 Å². The molecule has 0 nitrogen and oxygen atoms in total. The minimum absolute atomic E-state index is 0.448. The highest BCUT2D eigenvalue weighted by molar-refractivity contribution is 5.49. The lowest BCUT2D eigenvalue weighted by atomic mass is 9.49. The Kier molecular flexibility index (Phi) is 6.45. The predicted molar refractivity (Wildman–Crippen MR) is 131 cm³/mol. The molecule has 0 radical (unpaired) electrons. The quantitative estimate of drug-likeness (QED) is 0.384. The summed E-state index contributed by atoms with van der Waals surface area (Å²) in [5.41, 5.74) is 8.05. The third-order valence-corrected chi connectivity index (χ3v) is 10.2. The second kappa shape index (κ2) is 8.63. The maximum absolute atomic E-state index is 2.71. The average molecular weight is 409 g/mol. The normalized spacial score (nSPS) is 39.0. The molecule has 4 rings (SSSR count). The third-order valence-electron chi connectivity index (χ3n) is 10.2. The summed E-state index contributed by atoms with van der Waals surface area (Å²) in [7, 11) is 0. The molecule has 168 valence electrons. The van der Waals surface area contributed by atoms with Crippen molar-refractivity contribution in [3.8, 4) is 0 Å². The van der Waals surface area contributed by atoms with Crippen LogP contribution in [-0.4, -0.2) is 0 Å². The first kappa shape index (κ1) is 22.4. The van der Waals surface area contributed by atoms with Gasteiger partial charge in [-0.3, -0.25) is 0 Å². The standard InChI is InChI=1S/C30H48/c1-7-10-23-13-9-19-29(5)26(23)15-14-24-27-17-16-25(22(4)12-8-11-21(2)3)30(27,6)20-18-28(24)29/h11,17,22-23,25-26H,7-10,12-16,18-20H2,1-6H3/t22-,23?,25-,26?,29+,30-/m1/s1. The molecule has 0 heterocycles. The Hall–Kier alpha value is -0.780. The van der Waals surface area contributed by atoms with E-state index in [0.717, 1.165) is 23.7 Å². The monoisotopic (exact) mass is 408 g/mol. The SMILES string of the molecule is CCCC1CCC[C@]2(C)C3=C(CCC12)C1=CC[C@H]([C@H](C)CCC=C(C)C)[C@@]1(C)CC3. The van der Waals surface area contributed by atoms with Gasteiger partial charge in [-0.2, -0.15) is 0 Å². The van der Waals surface area contributed by atoms with Gasteiger partial charge in [-0.25, -0.2) is 0 Å². The molecule has 0 aromatic carbocycles. The van der Waals surface area contributed by atoms with Crippen LogP contribution in [0.5, 0.6) is 0 Å². The van der Waals surface area contributed by atoms with Crippen molar-refractivity contribution in [3.63, 3.8) is 0 Å². The van der Waals surface area contributed by atoms with E-state index in [1.807, 2.05) is 16.7 Å². The van der Waals surface area contributed by atoms with Crippen LogP contribution < -0.4 is 0 Å². The van der Waals surface area contributed by atoms with E-state index in [-0.39, 0.29) is 0 Å². The summed E-state index contributed by atoms with van der Waals surface area (Å²) in [6.07, 6.45) is 22.0.